The summed E-state index contributed by atoms with van der Waals surface area (Å²) in [6.45, 7) is 4.88. The van der Waals surface area contributed by atoms with E-state index in [1.165, 1.54) is 11.8 Å². The molecular formula is C26H25ClN4O4. The molecule has 2 aromatic carbocycles. The van der Waals surface area contributed by atoms with Gasteiger partial charge in [0.1, 0.15) is 11.4 Å². The van der Waals surface area contributed by atoms with Gasteiger partial charge in [-0.1, -0.05) is 23.7 Å². The van der Waals surface area contributed by atoms with Crippen molar-refractivity contribution in [3.05, 3.63) is 80.4 Å². The average molecular weight is 493 g/mol. The summed E-state index contributed by atoms with van der Waals surface area (Å²) in [6.07, 6.45) is 1.82. The van der Waals surface area contributed by atoms with Crippen LogP contribution in [0.25, 0.3) is 11.3 Å². The summed E-state index contributed by atoms with van der Waals surface area (Å²) in [6, 6.07) is 12.2. The number of aryl methyl sites for hydroxylation is 2. The van der Waals surface area contributed by atoms with Gasteiger partial charge in [-0.3, -0.25) is 19.5 Å². The molecule has 0 saturated carbocycles. The minimum Gasteiger partial charge on any atom is -0.495 e. The molecule has 1 saturated heterocycles. The Hall–Kier alpha value is -3.78. The maximum absolute atomic E-state index is 13.9. The fraction of sp³-hybridized carbons (Fsp3) is 0.269. The Labute approximate surface area is 207 Å². The molecule has 2 aliphatic rings. The highest BCUT2D eigenvalue weighted by Crippen LogP contribution is 2.39. The molecule has 0 bridgehead atoms. The van der Waals surface area contributed by atoms with Crippen LogP contribution in [0.3, 0.4) is 0 Å². The number of H-pyrrole nitrogens is 1. The first-order chi connectivity index (χ1) is 16.8. The highest BCUT2D eigenvalue weighted by Gasteiger charge is 2.45. The van der Waals surface area contributed by atoms with E-state index in [0.717, 1.165) is 23.3 Å². The first-order valence-corrected chi connectivity index (χ1v) is 11.8. The smallest absolute Gasteiger partial charge is 0.282 e. The zero-order valence-electron chi connectivity index (χ0n) is 19.7. The molecule has 35 heavy (non-hydrogen) atoms. The first-order valence-electron chi connectivity index (χ1n) is 11.4. The number of carbonyl (C=O) groups excluding carboxylic acids is 2. The van der Waals surface area contributed by atoms with Gasteiger partial charge in [-0.15, -0.1) is 0 Å². The minimum atomic E-state index is -0.543. The number of anilines is 1. The highest BCUT2D eigenvalue weighted by molar-refractivity contribution is 6.45. The number of aromatic amines is 1. The Kier molecular flexibility index (Phi) is 5.76. The molecule has 2 aliphatic heterocycles. The predicted molar refractivity (Wildman–Crippen MR) is 134 cm³/mol. The zero-order chi connectivity index (χ0) is 24.9. The van der Waals surface area contributed by atoms with Crippen LogP contribution in [0.5, 0.6) is 5.75 Å². The van der Waals surface area contributed by atoms with E-state index >= 15 is 0 Å². The summed E-state index contributed by atoms with van der Waals surface area (Å²) in [5.74, 6) is -0.593. The lowest BCUT2D eigenvalue weighted by atomic mass is 10.0. The fourth-order valence-electron chi connectivity index (χ4n) is 4.81. The number of ether oxygens (including phenoxy) is 1. The monoisotopic (exact) mass is 492 g/mol. The van der Waals surface area contributed by atoms with Gasteiger partial charge in [0.25, 0.3) is 17.4 Å². The van der Waals surface area contributed by atoms with E-state index in [1.54, 1.807) is 43.3 Å². The molecule has 5 rings (SSSR count). The number of nitrogens with zero attached hydrogens (tertiary/aromatic N) is 3. The van der Waals surface area contributed by atoms with Crippen molar-refractivity contribution in [2.75, 3.05) is 25.1 Å². The minimum absolute atomic E-state index is 0.111. The molecule has 180 valence electrons. The lowest BCUT2D eigenvalue weighted by molar-refractivity contribution is -0.120. The van der Waals surface area contributed by atoms with Gasteiger partial charge in [-0.25, -0.2) is 9.58 Å². The van der Waals surface area contributed by atoms with E-state index < -0.39 is 17.4 Å². The van der Waals surface area contributed by atoms with E-state index in [9.17, 15) is 14.4 Å². The molecule has 1 N–H and O–H groups in total. The van der Waals surface area contributed by atoms with Gasteiger partial charge in [0.2, 0.25) is 0 Å². The second-order valence-corrected chi connectivity index (χ2v) is 9.21. The van der Waals surface area contributed by atoms with Gasteiger partial charge in [0, 0.05) is 23.8 Å². The number of likely N-dealkylation sites (tertiary alicyclic amines) is 1. The summed E-state index contributed by atoms with van der Waals surface area (Å²) < 4.78 is 6.81. The maximum atomic E-state index is 13.9. The SMILES string of the molecule is COc1ccc(C)cc1N1C(=O)C(c2c(C)[nH]n(-c3cccc(Cl)c3)c2=O)=C(N2CCCC2)C1=O. The van der Waals surface area contributed by atoms with Gasteiger partial charge >= 0.3 is 0 Å². The predicted octanol–water partition coefficient (Wildman–Crippen LogP) is 3.82. The largest absolute Gasteiger partial charge is 0.495 e. The molecular weight excluding hydrogens is 468 g/mol. The topological polar surface area (TPSA) is 87.6 Å². The van der Waals surface area contributed by atoms with E-state index in [4.69, 9.17) is 16.3 Å². The lowest BCUT2D eigenvalue weighted by Gasteiger charge is -2.21. The molecule has 0 unspecified atom stereocenters. The molecule has 0 radical (unpaired) electrons. The van der Waals surface area contributed by atoms with Crippen LogP contribution in [0.1, 0.15) is 29.7 Å². The lowest BCUT2D eigenvalue weighted by Crippen LogP contribution is -2.35. The Morgan fingerprint density at radius 3 is 2.40 bits per heavy atom. The Morgan fingerprint density at radius 1 is 0.971 bits per heavy atom. The Bertz CT molecular complexity index is 1450. The van der Waals surface area contributed by atoms with Gasteiger partial charge in [0.15, 0.2) is 0 Å². The van der Waals surface area contributed by atoms with Crippen molar-refractivity contribution >= 4 is 34.7 Å². The van der Waals surface area contributed by atoms with E-state index in [0.29, 0.717) is 40.9 Å². The molecule has 0 spiro atoms. The van der Waals surface area contributed by atoms with Crippen molar-refractivity contribution in [1.82, 2.24) is 14.7 Å². The van der Waals surface area contributed by atoms with Crippen LogP contribution in [0.2, 0.25) is 5.02 Å². The molecule has 0 atom stereocenters. The molecule has 1 fully saturated rings. The first kappa shape index (κ1) is 23.0. The number of methoxy groups -OCH3 is 1. The molecule has 8 nitrogen and oxygen atoms in total. The standard InChI is InChI=1S/C26H25ClN4O4/c1-15-9-10-20(35-3)19(13-15)30-24(32)22(23(26(30)34)29-11-4-5-12-29)21-16(2)28-31(25(21)33)18-8-6-7-17(27)14-18/h6-10,13-14,28H,4-5,11-12H2,1-3H3. The zero-order valence-corrected chi connectivity index (χ0v) is 20.5. The van der Waals surface area contributed by atoms with Crippen molar-refractivity contribution < 1.29 is 14.3 Å². The van der Waals surface area contributed by atoms with Crippen LogP contribution in [-0.2, 0) is 9.59 Å². The summed E-state index contributed by atoms with van der Waals surface area (Å²) in [5.41, 5.74) is 2.38. The molecule has 2 amide bonds. The normalized spacial score (nSPS) is 16.1. The highest BCUT2D eigenvalue weighted by atomic mass is 35.5. The number of hydrogen-bond acceptors (Lipinski definition) is 5. The number of hydrogen-bond donors (Lipinski definition) is 1. The molecule has 0 aliphatic carbocycles. The van der Waals surface area contributed by atoms with Crippen molar-refractivity contribution in [2.24, 2.45) is 0 Å². The number of benzene rings is 2. The summed E-state index contributed by atoms with van der Waals surface area (Å²) in [7, 11) is 1.49. The number of imide groups is 1. The Balaban J connectivity index is 1.71. The van der Waals surface area contributed by atoms with Gasteiger partial charge in [0.05, 0.1) is 29.6 Å². The van der Waals surface area contributed by atoms with Crippen molar-refractivity contribution in [3.8, 4) is 11.4 Å². The van der Waals surface area contributed by atoms with E-state index in [-0.39, 0.29) is 16.8 Å². The summed E-state index contributed by atoms with van der Waals surface area (Å²) >= 11 is 6.14. The van der Waals surface area contributed by atoms with Crippen molar-refractivity contribution in [3.63, 3.8) is 0 Å². The Morgan fingerprint density at radius 2 is 1.71 bits per heavy atom. The number of halogens is 1. The van der Waals surface area contributed by atoms with Crippen molar-refractivity contribution in [1.29, 1.82) is 0 Å². The van der Waals surface area contributed by atoms with Gasteiger partial charge in [-0.2, -0.15) is 0 Å². The molecule has 9 heteroatoms. The maximum Gasteiger partial charge on any atom is 0.282 e. The number of carbonyl (C=O) groups is 2. The number of aromatic nitrogens is 2. The molecule has 3 aromatic rings. The third-order valence-corrected chi connectivity index (χ3v) is 6.68. The van der Waals surface area contributed by atoms with E-state index in [2.05, 4.69) is 5.10 Å². The van der Waals surface area contributed by atoms with Crippen LogP contribution in [-0.4, -0.2) is 46.7 Å². The van der Waals surface area contributed by atoms with Gasteiger partial charge in [-0.05, 0) is 62.6 Å². The number of amides is 2. The molecule has 3 heterocycles. The average Bonchev–Trinajstić information content (AvgIpc) is 3.51. The van der Waals surface area contributed by atoms with E-state index in [1.807, 2.05) is 17.9 Å². The number of nitrogens with one attached hydrogen (secondary N) is 1. The van der Waals surface area contributed by atoms with Gasteiger partial charge < -0.3 is 9.64 Å². The number of rotatable bonds is 5. The second-order valence-electron chi connectivity index (χ2n) is 8.77. The van der Waals surface area contributed by atoms with Crippen molar-refractivity contribution in [2.45, 2.75) is 26.7 Å². The quantitative estimate of drug-likeness (QED) is 0.547. The third kappa shape index (κ3) is 3.74. The summed E-state index contributed by atoms with van der Waals surface area (Å²) in [5, 5.41) is 3.53. The third-order valence-electron chi connectivity index (χ3n) is 6.44. The van der Waals surface area contributed by atoms with Crippen LogP contribution in [0.4, 0.5) is 5.69 Å². The fourth-order valence-corrected chi connectivity index (χ4v) is 4.99. The summed E-state index contributed by atoms with van der Waals surface area (Å²) in [4.78, 5) is 44.5. The van der Waals surface area contributed by atoms with Crippen LogP contribution in [0, 0.1) is 13.8 Å². The van der Waals surface area contributed by atoms with Crippen LogP contribution < -0.4 is 15.2 Å². The van der Waals surface area contributed by atoms with Crippen LogP contribution >= 0.6 is 11.6 Å². The molecule has 1 aromatic heterocycles. The van der Waals surface area contributed by atoms with Crippen LogP contribution in [0.15, 0.2) is 53.0 Å². The second kappa shape index (κ2) is 8.78.